The smallest absolute Gasteiger partial charge is 0.157 e. The zero-order valence-electron chi connectivity index (χ0n) is 88.8. The Balaban J connectivity index is 0.000000166. The summed E-state index contributed by atoms with van der Waals surface area (Å²) in [6.07, 6.45) is 36.1. The van der Waals surface area contributed by atoms with Crippen LogP contribution >= 0.6 is 23.2 Å². The number of hydrogen-bond donors (Lipinski definition) is 8. The van der Waals surface area contributed by atoms with Crippen LogP contribution in [-0.2, 0) is 88.2 Å². The van der Waals surface area contributed by atoms with E-state index in [9.17, 15) is 38.4 Å². The lowest BCUT2D eigenvalue weighted by atomic mass is 9.70. The second kappa shape index (κ2) is 57.2. The zero-order chi connectivity index (χ0) is 104. The van der Waals surface area contributed by atoms with E-state index in [1.807, 2.05) is 193 Å². The number of likely N-dealkylation sites (N-methyl/N-ethyl adjacent to an activating group) is 6. The van der Waals surface area contributed by atoms with Crippen LogP contribution in [0, 0.1) is 19.8 Å². The molecule has 9 aliphatic carbocycles. The predicted molar refractivity (Wildman–Crippen MR) is 592 cm³/mol. The third kappa shape index (κ3) is 28.3. The van der Waals surface area contributed by atoms with E-state index in [0.29, 0.717) is 90.3 Å². The fourth-order valence-electron chi connectivity index (χ4n) is 23.9. The van der Waals surface area contributed by atoms with Gasteiger partial charge in [-0.2, -0.15) is 0 Å². The highest BCUT2D eigenvalue weighted by molar-refractivity contribution is 6.32. The maximum absolute atomic E-state index is 12.4. The highest BCUT2D eigenvalue weighted by Crippen LogP contribution is 2.46. The van der Waals surface area contributed by atoms with Crippen molar-refractivity contribution in [3.63, 3.8) is 0 Å². The molecule has 0 saturated heterocycles. The van der Waals surface area contributed by atoms with Crippen molar-refractivity contribution in [3.05, 3.63) is 320 Å². The Kier molecular flexibility index (Phi) is 46.3. The van der Waals surface area contributed by atoms with Crippen molar-refractivity contribution in [2.45, 2.75) is 336 Å². The van der Waals surface area contributed by atoms with Crippen molar-refractivity contribution in [2.75, 3.05) is 61.4 Å². The summed E-state index contributed by atoms with van der Waals surface area (Å²) in [5.41, 5.74) is 15.1. The van der Waals surface area contributed by atoms with E-state index < -0.39 is 38.8 Å². The van der Waals surface area contributed by atoms with Crippen molar-refractivity contribution in [3.8, 4) is 0 Å². The largest absolute Gasteiger partial charge is 0.315 e. The first-order chi connectivity index (χ1) is 69.6. The van der Waals surface area contributed by atoms with Crippen molar-refractivity contribution in [1.82, 2.24) is 42.1 Å². The maximum atomic E-state index is 12.4. The van der Waals surface area contributed by atoms with E-state index in [1.165, 1.54) is 47.9 Å². The Morgan fingerprint density at radius 1 is 0.312 bits per heavy atom. The number of aryl methyl sites for hydroxylation is 2. The number of benzene rings is 9. The third-order valence-corrected chi connectivity index (χ3v) is 32.7. The standard InChI is InChI=1S/3C15H21NO.C14H18ClNO.C14H19NO.C14H21N.C13H16ClNO.C13H17NO.C12H15NO/c1-3-16-15(11-7-6-10-14(15)17)13-9-5-4-8-12(13)2;1-3-16-15(11-5-4-6-14(15)17)13-9-7-12(2)8-10-13;1-2-12-16-15(11-7-6-10-14(15)17)13-8-4-3-5-9-13;1-2-16-14(10-6-5-9-13(14)17)11-7-3-4-8-12(11)15;1-15(2)14(11-7-6-10-13(14)16)12-8-4-3-5-9-12;1-12-8-6-7-11-14(12,15-2)13-9-4-3-5-10-13;1-15-13(8-3-2-7-12(13)16)10-5-4-6-11(14)9-10;1-14-13(10-6-5-9-12(13)15)11-7-3-2-4-8-11;13-12(9-5-4-8-11(12)14)10-6-2-1-3-7-10/h4-5,8-9,16H,3,6-7,10-11H2,1-2H3;7-10,16H,3-6,11H2,1-2H3;3-5,8-9,16H,2,6-7,10-12H2,1H3;3-4,7-8,16H,2,5-6,9-10H2,1H3;3-5,8-9H,6-7,10-11H2,1-2H3;3-5,9-10,12,15H,6-8,11H2,1-2H3;4-6,9,15H,2-3,7-8H2,1H3;2-4,7-8,14H,5-6,9-10H2,1H3;1-3,6-7H,4-5,8-9,13H2/t3*15-;2*14-;12?,14-;2*13-;12-/m000001000/s1. The molecule has 1 unspecified atom stereocenters. The minimum Gasteiger partial charge on any atom is -0.315 e. The molecule has 18 rings (SSSR count). The Hall–Kier alpha value is -9.44. The minimum absolute atomic E-state index is 0.190. The van der Waals surface area contributed by atoms with E-state index in [2.05, 4.69) is 182 Å². The molecule has 9 fully saturated rings. The van der Waals surface area contributed by atoms with E-state index in [-0.39, 0.29) is 28.4 Å². The van der Waals surface area contributed by atoms with Gasteiger partial charge >= 0.3 is 0 Å². The first kappa shape index (κ1) is 116. The Morgan fingerprint density at radius 2 is 0.653 bits per heavy atom. The average molecular weight is 2000 g/mol. The van der Waals surface area contributed by atoms with Crippen molar-refractivity contribution >= 4 is 69.5 Å². The molecular formula is C125H169Cl2N9O8. The summed E-state index contributed by atoms with van der Waals surface area (Å²) < 4.78 is 0. The topological polar surface area (TPSA) is 250 Å². The third-order valence-electron chi connectivity index (χ3n) is 32.1. The number of carbonyl (C=O) groups is 8. The monoisotopic (exact) mass is 1990 g/mol. The molecule has 144 heavy (non-hydrogen) atoms. The quantitative estimate of drug-likeness (QED) is 0.0314. The van der Waals surface area contributed by atoms with Gasteiger partial charge in [-0.25, -0.2) is 0 Å². The number of halogens is 2. The highest BCUT2D eigenvalue weighted by Gasteiger charge is 2.49. The molecule has 0 radical (unpaired) electrons. The zero-order valence-corrected chi connectivity index (χ0v) is 90.3. The molecule has 0 aromatic heterocycles. The maximum Gasteiger partial charge on any atom is 0.157 e. The van der Waals surface area contributed by atoms with Crippen LogP contribution in [0.2, 0.25) is 10.0 Å². The number of nitrogens with zero attached hydrogens (tertiary/aromatic N) is 1. The van der Waals surface area contributed by atoms with Crippen LogP contribution in [0.4, 0.5) is 0 Å². The second-order valence-electron chi connectivity index (χ2n) is 41.1. The van der Waals surface area contributed by atoms with Gasteiger partial charge in [0.05, 0.1) is 0 Å². The van der Waals surface area contributed by atoms with Crippen molar-refractivity contribution < 1.29 is 38.4 Å². The van der Waals surface area contributed by atoms with Crippen molar-refractivity contribution in [1.29, 1.82) is 0 Å². The predicted octanol–water partition coefficient (Wildman–Crippen LogP) is 25.2. The van der Waals surface area contributed by atoms with Gasteiger partial charge in [0.1, 0.15) is 44.3 Å². The van der Waals surface area contributed by atoms with E-state index in [1.54, 1.807) is 0 Å². The molecule has 0 bridgehead atoms. The molecule has 0 heterocycles. The van der Waals surface area contributed by atoms with Gasteiger partial charge in [-0.1, -0.05) is 358 Å². The SMILES string of the molecule is CCCN[C@]1(c2ccccc2)CCCCC1=O.CCN[C@]1(c2ccc(C)cc2)CCCCC1=O.CCN[C@]1(c2ccccc2C)CCCCC1=O.CCN[C@]1(c2ccccc2Cl)CCCCC1=O.CN(C)[C@]1(c2ccccc2)CCCCC1=O.CN[C@]1(c2cccc(Cl)c2)CCCCC1=O.CN[C@]1(c2ccccc2)CCCCC1=O.CN[C@]1(c2ccccc2)CCCCC1C.N[C@]1(c2ccccc2)CCCCC1=O. The van der Waals surface area contributed by atoms with Crippen LogP contribution in [0.1, 0.15) is 333 Å². The molecule has 17 nitrogen and oxygen atoms in total. The normalized spacial score (nSPS) is 26.3. The molecule has 10 atom stereocenters. The summed E-state index contributed by atoms with van der Waals surface area (Å²) in [5, 5.41) is 25.2. The van der Waals surface area contributed by atoms with Gasteiger partial charge < -0.3 is 43.0 Å². The van der Waals surface area contributed by atoms with E-state index >= 15 is 0 Å². The van der Waals surface area contributed by atoms with Gasteiger partial charge in [0.2, 0.25) is 0 Å². The highest BCUT2D eigenvalue weighted by atomic mass is 35.5. The number of Topliss-reactive ketones (excluding diaryl/α,β-unsaturated/α-hetero) is 8. The summed E-state index contributed by atoms with van der Waals surface area (Å²) in [6.45, 7) is 18.2. The van der Waals surface area contributed by atoms with Crippen LogP contribution in [0.15, 0.2) is 249 Å². The molecule has 9 aliphatic rings. The van der Waals surface area contributed by atoms with Crippen LogP contribution in [-0.4, -0.2) is 113 Å². The molecule has 9 saturated carbocycles. The molecule has 0 aliphatic heterocycles. The Bertz CT molecular complexity index is 5390. The molecule has 19 heteroatoms. The van der Waals surface area contributed by atoms with Gasteiger partial charge in [0.15, 0.2) is 46.3 Å². The summed E-state index contributed by atoms with van der Waals surface area (Å²) in [5.74, 6) is 3.27. The molecule has 776 valence electrons. The molecule has 0 spiro atoms. The number of nitrogens with two attached hydrogens (primary N) is 1. The number of nitrogens with one attached hydrogen (secondary N) is 7. The van der Waals surface area contributed by atoms with Crippen LogP contribution in [0.25, 0.3) is 0 Å². The van der Waals surface area contributed by atoms with Gasteiger partial charge in [-0.05, 0) is 277 Å². The lowest BCUT2D eigenvalue weighted by Crippen LogP contribution is -2.51. The molecule has 9 aromatic rings. The first-order valence-electron chi connectivity index (χ1n) is 54.3. The van der Waals surface area contributed by atoms with Crippen LogP contribution in [0.3, 0.4) is 0 Å². The second-order valence-corrected chi connectivity index (χ2v) is 41.9. The number of hydrogen-bond acceptors (Lipinski definition) is 17. The minimum atomic E-state index is -0.709. The van der Waals surface area contributed by atoms with Gasteiger partial charge in [-0.3, -0.25) is 43.3 Å². The summed E-state index contributed by atoms with van der Waals surface area (Å²) in [4.78, 5) is 99.9. The molecule has 9 N–H and O–H groups in total. The number of ketones is 8. The van der Waals surface area contributed by atoms with Crippen LogP contribution in [0.5, 0.6) is 0 Å². The number of carbonyl (C=O) groups excluding carboxylic acids is 8. The fourth-order valence-corrected chi connectivity index (χ4v) is 24.4. The lowest BCUT2D eigenvalue weighted by molar-refractivity contribution is -0.133. The Labute approximate surface area is 873 Å². The summed E-state index contributed by atoms with van der Waals surface area (Å²) >= 11 is 12.2. The first-order valence-corrected chi connectivity index (χ1v) is 55.1. The lowest BCUT2D eigenvalue weighted by Gasteiger charge is -2.43. The fraction of sp³-hybridized carbons (Fsp3) is 0.504. The van der Waals surface area contributed by atoms with E-state index in [4.69, 9.17) is 28.9 Å². The van der Waals surface area contributed by atoms with Gasteiger partial charge in [0, 0.05) is 67.0 Å². The average Bonchev–Trinajstić information content (AvgIpc) is 0.771. The van der Waals surface area contributed by atoms with Crippen molar-refractivity contribution in [2.24, 2.45) is 11.7 Å². The summed E-state index contributed by atoms with van der Waals surface area (Å²) in [6, 6.07) is 83.0. The van der Waals surface area contributed by atoms with Gasteiger partial charge in [-0.15, -0.1) is 0 Å². The Morgan fingerprint density at radius 3 is 1.06 bits per heavy atom. The summed E-state index contributed by atoms with van der Waals surface area (Å²) in [7, 11) is 9.86. The van der Waals surface area contributed by atoms with Gasteiger partial charge in [0.25, 0.3) is 0 Å². The molecular weight excluding hydrogens is 1830 g/mol. The van der Waals surface area contributed by atoms with Crippen LogP contribution < -0.4 is 43.0 Å². The van der Waals surface area contributed by atoms with E-state index in [0.717, 1.165) is 232 Å². The molecule has 9 aromatic carbocycles. The number of rotatable bonds is 22. The molecule has 0 amide bonds.